The number of nitrogens with zero attached hydrogens (tertiary/aromatic N) is 2. The van der Waals surface area contributed by atoms with Gasteiger partial charge in [0.15, 0.2) is 5.75 Å². The Balaban J connectivity index is 1.76. The van der Waals surface area contributed by atoms with E-state index in [9.17, 15) is 20.1 Å². The van der Waals surface area contributed by atoms with Crippen molar-refractivity contribution in [1.82, 2.24) is 9.47 Å². The molecule has 8 heteroatoms. The number of rotatable bonds is 7. The minimum absolute atomic E-state index is 0.129. The van der Waals surface area contributed by atoms with Crippen LogP contribution in [0, 0.1) is 0 Å². The second-order valence-corrected chi connectivity index (χ2v) is 8.60. The lowest BCUT2D eigenvalue weighted by Gasteiger charge is -2.17. The average molecular weight is 463 g/mol. The minimum Gasteiger partial charge on any atom is -0.505 e. The quantitative estimate of drug-likeness (QED) is 0.317. The lowest BCUT2D eigenvalue weighted by molar-refractivity contribution is 0.0824. The van der Waals surface area contributed by atoms with Gasteiger partial charge in [-0.3, -0.25) is 9.36 Å². The second-order valence-electron chi connectivity index (χ2n) is 8.60. The SMILES string of the molecule is CN(C)C(=O)c1cccc(Nc2c(NC3=CCCCC3)c(O)n(Cc3ccccc3)c2O)c1O. The van der Waals surface area contributed by atoms with E-state index in [1.807, 2.05) is 30.3 Å². The van der Waals surface area contributed by atoms with Gasteiger partial charge >= 0.3 is 0 Å². The lowest BCUT2D eigenvalue weighted by atomic mass is 10.0. The molecule has 0 atom stereocenters. The molecule has 0 unspecified atom stereocenters. The van der Waals surface area contributed by atoms with Crippen LogP contribution in [0.4, 0.5) is 17.1 Å². The number of carbonyl (C=O) groups excluding carboxylic acids is 1. The first-order valence-electron chi connectivity index (χ1n) is 11.3. The van der Waals surface area contributed by atoms with Gasteiger partial charge in [0, 0.05) is 19.8 Å². The first kappa shape index (κ1) is 23.1. The van der Waals surface area contributed by atoms with Crippen molar-refractivity contribution in [3.8, 4) is 17.5 Å². The molecule has 3 aromatic rings. The molecule has 0 saturated heterocycles. The van der Waals surface area contributed by atoms with Crippen LogP contribution in [0.1, 0.15) is 41.6 Å². The largest absolute Gasteiger partial charge is 0.505 e. The fourth-order valence-corrected chi connectivity index (χ4v) is 4.05. The van der Waals surface area contributed by atoms with Crippen LogP contribution in [0.5, 0.6) is 17.5 Å². The van der Waals surface area contributed by atoms with Crippen molar-refractivity contribution in [2.75, 3.05) is 24.7 Å². The minimum atomic E-state index is -0.347. The Morgan fingerprint density at radius 3 is 2.29 bits per heavy atom. The summed E-state index contributed by atoms with van der Waals surface area (Å²) in [6.07, 6.45) is 6.02. The van der Waals surface area contributed by atoms with Gasteiger partial charge in [-0.05, 0) is 43.4 Å². The van der Waals surface area contributed by atoms with Gasteiger partial charge in [0.05, 0.1) is 17.8 Å². The summed E-state index contributed by atoms with van der Waals surface area (Å²) in [4.78, 5) is 13.8. The highest BCUT2D eigenvalue weighted by molar-refractivity contribution is 5.99. The number of phenols is 1. The highest BCUT2D eigenvalue weighted by atomic mass is 16.3. The Bertz CT molecular complexity index is 1220. The van der Waals surface area contributed by atoms with E-state index < -0.39 is 0 Å². The predicted octanol–water partition coefficient (Wildman–Crippen LogP) is 4.97. The van der Waals surface area contributed by atoms with E-state index in [0.717, 1.165) is 36.9 Å². The molecular weight excluding hydrogens is 432 g/mol. The number of allylic oxidation sites excluding steroid dienone is 2. The maximum Gasteiger partial charge on any atom is 0.257 e. The molecule has 1 amide bonds. The van der Waals surface area contributed by atoms with Gasteiger partial charge in [0.2, 0.25) is 11.8 Å². The first-order chi connectivity index (χ1) is 16.4. The van der Waals surface area contributed by atoms with Crippen LogP contribution in [0.2, 0.25) is 0 Å². The number of nitrogens with one attached hydrogen (secondary N) is 2. The number of anilines is 3. The molecule has 0 bridgehead atoms. The maximum absolute atomic E-state index is 12.5. The fourth-order valence-electron chi connectivity index (χ4n) is 4.05. The van der Waals surface area contributed by atoms with Gasteiger partial charge in [-0.25, -0.2) is 0 Å². The summed E-state index contributed by atoms with van der Waals surface area (Å²) < 4.78 is 1.40. The summed E-state index contributed by atoms with van der Waals surface area (Å²) in [6.45, 7) is 0.249. The Morgan fingerprint density at radius 1 is 0.941 bits per heavy atom. The molecule has 178 valence electrons. The van der Waals surface area contributed by atoms with Gasteiger partial charge in [-0.2, -0.15) is 0 Å². The Hall–Kier alpha value is -4.07. The van der Waals surface area contributed by atoms with Crippen LogP contribution in [0.15, 0.2) is 60.3 Å². The number of hydrogen-bond acceptors (Lipinski definition) is 6. The molecule has 8 nitrogen and oxygen atoms in total. The Morgan fingerprint density at radius 2 is 1.65 bits per heavy atom. The van der Waals surface area contributed by atoms with Crippen molar-refractivity contribution in [1.29, 1.82) is 0 Å². The van der Waals surface area contributed by atoms with E-state index in [1.165, 1.54) is 15.5 Å². The summed E-state index contributed by atoms with van der Waals surface area (Å²) in [5.74, 6) is -0.904. The average Bonchev–Trinajstić information content (AvgIpc) is 3.05. The lowest BCUT2D eigenvalue weighted by Crippen LogP contribution is -2.21. The van der Waals surface area contributed by atoms with Crippen molar-refractivity contribution in [3.05, 3.63) is 71.4 Å². The summed E-state index contributed by atoms with van der Waals surface area (Å²) >= 11 is 0. The standard InChI is InChI=1S/C26H30N4O4/c1-29(2)24(32)19-14-9-15-20(23(19)31)28-22-21(27-18-12-7-4-8-13-18)25(33)30(26(22)34)16-17-10-5-3-6-11-17/h3,5-6,9-12,14-15,27-28,31,33-34H,4,7-8,13,16H2,1-2H3. The second kappa shape index (κ2) is 9.82. The molecule has 0 radical (unpaired) electrons. The summed E-state index contributed by atoms with van der Waals surface area (Å²) in [6, 6.07) is 14.3. The molecule has 1 aliphatic rings. The zero-order chi connectivity index (χ0) is 24.2. The zero-order valence-electron chi connectivity index (χ0n) is 19.4. The monoisotopic (exact) mass is 462 g/mol. The highest BCUT2D eigenvalue weighted by Gasteiger charge is 2.26. The van der Waals surface area contributed by atoms with E-state index in [4.69, 9.17) is 0 Å². The molecule has 4 rings (SSSR count). The number of benzene rings is 2. The van der Waals surface area contributed by atoms with Crippen molar-refractivity contribution in [2.24, 2.45) is 0 Å². The molecule has 0 saturated carbocycles. The molecule has 1 heterocycles. The molecule has 1 aliphatic carbocycles. The molecule has 0 aliphatic heterocycles. The number of aromatic hydroxyl groups is 3. The molecule has 5 N–H and O–H groups in total. The number of hydrogen-bond donors (Lipinski definition) is 5. The fraction of sp³-hybridized carbons (Fsp3) is 0.269. The van der Waals surface area contributed by atoms with Crippen LogP contribution >= 0.6 is 0 Å². The highest BCUT2D eigenvalue weighted by Crippen LogP contribution is 2.47. The Kier molecular flexibility index (Phi) is 6.67. The van der Waals surface area contributed by atoms with Crippen LogP contribution < -0.4 is 10.6 Å². The van der Waals surface area contributed by atoms with Crippen LogP contribution in [-0.4, -0.2) is 44.8 Å². The van der Waals surface area contributed by atoms with Crippen molar-refractivity contribution < 1.29 is 20.1 Å². The smallest absolute Gasteiger partial charge is 0.257 e. The summed E-state index contributed by atoms with van der Waals surface area (Å²) in [7, 11) is 3.21. The van der Waals surface area contributed by atoms with Gasteiger partial charge in [0.25, 0.3) is 5.91 Å². The van der Waals surface area contributed by atoms with E-state index in [-0.39, 0.29) is 46.9 Å². The first-order valence-corrected chi connectivity index (χ1v) is 11.3. The number of para-hydroxylation sites is 1. The number of carbonyl (C=O) groups is 1. The molecule has 1 aromatic heterocycles. The van der Waals surface area contributed by atoms with Crippen molar-refractivity contribution in [2.45, 2.75) is 32.2 Å². The number of amides is 1. The normalized spacial score (nSPS) is 13.3. The predicted molar refractivity (Wildman–Crippen MR) is 133 cm³/mol. The van der Waals surface area contributed by atoms with E-state index in [2.05, 4.69) is 16.7 Å². The molecule has 0 fully saturated rings. The van der Waals surface area contributed by atoms with E-state index in [0.29, 0.717) is 5.69 Å². The number of aromatic nitrogens is 1. The Labute approximate surface area is 198 Å². The zero-order valence-corrected chi connectivity index (χ0v) is 19.4. The molecule has 0 spiro atoms. The maximum atomic E-state index is 12.5. The van der Waals surface area contributed by atoms with Gasteiger partial charge < -0.3 is 30.9 Å². The van der Waals surface area contributed by atoms with E-state index >= 15 is 0 Å². The summed E-state index contributed by atoms with van der Waals surface area (Å²) in [5.41, 5.74) is 2.75. The van der Waals surface area contributed by atoms with Crippen LogP contribution in [0.3, 0.4) is 0 Å². The number of phenolic OH excluding ortho intramolecular Hbond substituents is 1. The van der Waals surface area contributed by atoms with Gasteiger partial charge in [-0.1, -0.05) is 42.5 Å². The third-order valence-electron chi connectivity index (χ3n) is 5.90. The van der Waals surface area contributed by atoms with Gasteiger partial charge in [-0.15, -0.1) is 0 Å². The van der Waals surface area contributed by atoms with Gasteiger partial charge in [0.1, 0.15) is 11.4 Å². The topological polar surface area (TPSA) is 110 Å². The third kappa shape index (κ3) is 4.66. The molecule has 2 aromatic carbocycles. The molecular formula is C26H30N4O4. The summed E-state index contributed by atoms with van der Waals surface area (Å²) in [5, 5.41) is 39.3. The van der Waals surface area contributed by atoms with Crippen LogP contribution in [0.25, 0.3) is 0 Å². The van der Waals surface area contributed by atoms with E-state index in [1.54, 1.807) is 26.2 Å². The third-order valence-corrected chi connectivity index (χ3v) is 5.90. The van der Waals surface area contributed by atoms with Crippen LogP contribution in [-0.2, 0) is 6.54 Å². The molecule has 34 heavy (non-hydrogen) atoms. The van der Waals surface area contributed by atoms with Crippen molar-refractivity contribution in [3.63, 3.8) is 0 Å². The van der Waals surface area contributed by atoms with Crippen molar-refractivity contribution >= 4 is 23.0 Å².